The summed E-state index contributed by atoms with van der Waals surface area (Å²) in [6, 6.07) is 0. The van der Waals surface area contributed by atoms with Crippen molar-refractivity contribution in [3.63, 3.8) is 0 Å². The fourth-order valence-electron chi connectivity index (χ4n) is 0.998. The van der Waals surface area contributed by atoms with Gasteiger partial charge in [-0.25, -0.2) is 0 Å². The molecule has 1 rings (SSSR count). The van der Waals surface area contributed by atoms with Crippen LogP contribution in [0, 0.1) is 0 Å². The Bertz CT molecular complexity index is 63.1. The van der Waals surface area contributed by atoms with Gasteiger partial charge in [0.15, 0.2) is 0 Å². The van der Waals surface area contributed by atoms with E-state index in [1.165, 1.54) is 19.3 Å². The Balaban J connectivity index is 2.33. The highest BCUT2D eigenvalue weighted by molar-refractivity contribution is 8.00. The first-order valence-electron chi connectivity index (χ1n) is 2.99. The molecule has 8 heavy (non-hydrogen) atoms. The highest BCUT2D eigenvalue weighted by atomic mass is 32.2. The van der Waals surface area contributed by atoms with E-state index in [1.807, 2.05) is 11.8 Å². The number of hydrogen-bond donors (Lipinski definition) is 1. The van der Waals surface area contributed by atoms with Crippen LogP contribution in [-0.2, 0) is 0 Å². The Morgan fingerprint density at radius 1 is 1.62 bits per heavy atom. The van der Waals surface area contributed by atoms with Crippen molar-refractivity contribution in [2.24, 2.45) is 0 Å². The molecule has 1 aliphatic rings. The van der Waals surface area contributed by atoms with E-state index in [-0.39, 0.29) is 0 Å². The maximum Gasteiger partial charge on any atom is 0.0245 e. The van der Waals surface area contributed by atoms with Crippen molar-refractivity contribution in [3.8, 4) is 0 Å². The zero-order valence-electron chi connectivity index (χ0n) is 5.18. The molecule has 1 fully saturated rings. The quantitative estimate of drug-likeness (QED) is 0.586. The molecule has 0 radical (unpaired) electrons. The summed E-state index contributed by atoms with van der Waals surface area (Å²) in [5.74, 6) is 1.06. The van der Waals surface area contributed by atoms with Gasteiger partial charge in [0.1, 0.15) is 0 Å². The monoisotopic (exact) mass is 148 g/mol. The summed E-state index contributed by atoms with van der Waals surface area (Å²) in [4.78, 5) is 0. The van der Waals surface area contributed by atoms with Crippen LogP contribution in [0.1, 0.15) is 19.3 Å². The second-order valence-corrected chi connectivity index (χ2v) is 3.99. The minimum Gasteiger partial charge on any atom is -0.178 e. The summed E-state index contributed by atoms with van der Waals surface area (Å²) in [6.45, 7) is 0. The molecule has 0 bridgehead atoms. The van der Waals surface area contributed by atoms with Crippen LogP contribution in [0.15, 0.2) is 0 Å². The molecule has 0 spiro atoms. The second kappa shape index (κ2) is 2.53. The van der Waals surface area contributed by atoms with Crippen molar-refractivity contribution >= 4 is 24.4 Å². The summed E-state index contributed by atoms with van der Waals surface area (Å²) in [7, 11) is 0. The molecule has 0 aromatic rings. The molecule has 0 unspecified atom stereocenters. The van der Waals surface area contributed by atoms with Crippen molar-refractivity contribution in [1.29, 1.82) is 0 Å². The number of hydrogen-bond acceptors (Lipinski definition) is 2. The van der Waals surface area contributed by atoms with Crippen LogP contribution in [0.2, 0.25) is 0 Å². The number of thiol groups is 1. The van der Waals surface area contributed by atoms with E-state index < -0.39 is 0 Å². The van der Waals surface area contributed by atoms with Crippen molar-refractivity contribution in [2.75, 3.05) is 12.0 Å². The van der Waals surface area contributed by atoms with E-state index in [0.29, 0.717) is 4.75 Å². The molecule has 0 aliphatic heterocycles. The minimum absolute atomic E-state index is 0.586. The standard InChI is InChI=1S/C6H12S2/c1-8-6(5-7)3-2-4-6/h7H,2-5H2,1H3. The molecule has 48 valence electrons. The van der Waals surface area contributed by atoms with Crippen LogP contribution in [0.5, 0.6) is 0 Å². The Kier molecular flexibility index (Phi) is 2.15. The Morgan fingerprint density at radius 2 is 2.25 bits per heavy atom. The zero-order chi connectivity index (χ0) is 6.04. The Hall–Kier alpha value is 0.700. The lowest BCUT2D eigenvalue weighted by molar-refractivity contribution is 0.400. The molecule has 0 nitrogen and oxygen atoms in total. The zero-order valence-corrected chi connectivity index (χ0v) is 6.89. The van der Waals surface area contributed by atoms with Crippen LogP contribution in [-0.4, -0.2) is 16.8 Å². The Morgan fingerprint density at radius 3 is 2.25 bits per heavy atom. The van der Waals surface area contributed by atoms with Crippen LogP contribution in [0.25, 0.3) is 0 Å². The van der Waals surface area contributed by atoms with Gasteiger partial charge in [-0.15, -0.1) is 0 Å². The van der Waals surface area contributed by atoms with Gasteiger partial charge in [-0.05, 0) is 19.1 Å². The average Bonchev–Trinajstić information content (AvgIpc) is 1.67. The van der Waals surface area contributed by atoms with Gasteiger partial charge < -0.3 is 0 Å². The Labute approximate surface area is 60.8 Å². The topological polar surface area (TPSA) is 0 Å². The second-order valence-electron chi connectivity index (χ2n) is 2.40. The number of thioether (sulfide) groups is 1. The summed E-state index contributed by atoms with van der Waals surface area (Å²) in [6.07, 6.45) is 6.38. The van der Waals surface area contributed by atoms with Gasteiger partial charge >= 0.3 is 0 Å². The summed E-state index contributed by atoms with van der Waals surface area (Å²) in [5, 5.41) is 0. The van der Waals surface area contributed by atoms with Crippen LogP contribution < -0.4 is 0 Å². The lowest BCUT2D eigenvalue weighted by atomic mass is 9.86. The van der Waals surface area contributed by atoms with E-state index in [0.717, 1.165) is 5.75 Å². The summed E-state index contributed by atoms with van der Waals surface area (Å²) < 4.78 is 0.586. The third-order valence-corrected chi connectivity index (χ3v) is 4.22. The van der Waals surface area contributed by atoms with Crippen molar-refractivity contribution < 1.29 is 0 Å². The van der Waals surface area contributed by atoms with Crippen LogP contribution >= 0.6 is 24.4 Å². The fraction of sp³-hybridized carbons (Fsp3) is 1.00. The van der Waals surface area contributed by atoms with Gasteiger partial charge in [0.25, 0.3) is 0 Å². The normalized spacial score (nSPS) is 24.8. The molecule has 0 amide bonds. The van der Waals surface area contributed by atoms with Gasteiger partial charge in [0, 0.05) is 10.5 Å². The first-order chi connectivity index (χ1) is 3.83. The first-order valence-corrected chi connectivity index (χ1v) is 4.85. The molecule has 0 atom stereocenters. The highest BCUT2D eigenvalue weighted by Gasteiger charge is 2.34. The molecule has 2 heteroatoms. The molecular formula is C6H12S2. The van der Waals surface area contributed by atoms with Crippen LogP contribution in [0.4, 0.5) is 0 Å². The molecule has 0 aromatic heterocycles. The molecule has 0 aromatic carbocycles. The molecule has 1 aliphatic carbocycles. The van der Waals surface area contributed by atoms with Crippen molar-refractivity contribution in [2.45, 2.75) is 24.0 Å². The van der Waals surface area contributed by atoms with Gasteiger partial charge in [0.05, 0.1) is 0 Å². The fourth-order valence-corrected chi connectivity index (χ4v) is 2.53. The highest BCUT2D eigenvalue weighted by Crippen LogP contribution is 2.43. The van der Waals surface area contributed by atoms with E-state index in [9.17, 15) is 0 Å². The van der Waals surface area contributed by atoms with E-state index >= 15 is 0 Å². The molecule has 0 saturated heterocycles. The van der Waals surface area contributed by atoms with Crippen molar-refractivity contribution in [3.05, 3.63) is 0 Å². The van der Waals surface area contributed by atoms with E-state index in [1.54, 1.807) is 0 Å². The van der Waals surface area contributed by atoms with Gasteiger partial charge in [0.2, 0.25) is 0 Å². The summed E-state index contributed by atoms with van der Waals surface area (Å²) >= 11 is 6.27. The summed E-state index contributed by atoms with van der Waals surface area (Å²) in [5.41, 5.74) is 0. The maximum atomic E-state index is 4.29. The lowest BCUT2D eigenvalue weighted by Crippen LogP contribution is -2.34. The first kappa shape index (κ1) is 6.81. The minimum atomic E-state index is 0.586. The molecular weight excluding hydrogens is 136 g/mol. The predicted molar refractivity (Wildman–Crippen MR) is 44.0 cm³/mol. The largest absolute Gasteiger partial charge is 0.178 e. The average molecular weight is 148 g/mol. The lowest BCUT2D eigenvalue weighted by Gasteiger charge is -2.38. The van der Waals surface area contributed by atoms with Gasteiger partial charge in [-0.3, -0.25) is 0 Å². The third-order valence-electron chi connectivity index (χ3n) is 1.99. The van der Waals surface area contributed by atoms with Gasteiger partial charge in [-0.1, -0.05) is 6.42 Å². The molecule has 1 saturated carbocycles. The smallest absolute Gasteiger partial charge is 0.0245 e. The molecule has 0 N–H and O–H groups in total. The van der Waals surface area contributed by atoms with E-state index in [4.69, 9.17) is 0 Å². The van der Waals surface area contributed by atoms with Crippen LogP contribution in [0.3, 0.4) is 0 Å². The van der Waals surface area contributed by atoms with E-state index in [2.05, 4.69) is 18.9 Å². The van der Waals surface area contributed by atoms with Gasteiger partial charge in [-0.2, -0.15) is 24.4 Å². The van der Waals surface area contributed by atoms with Crippen molar-refractivity contribution in [1.82, 2.24) is 0 Å². The SMILES string of the molecule is CSC1(CS)CCC1. The molecule has 0 heterocycles. The maximum absolute atomic E-state index is 4.29. The predicted octanol–water partition coefficient (Wildman–Crippen LogP) is 2.20. The number of rotatable bonds is 2. The third kappa shape index (κ3) is 1.01.